The van der Waals surface area contributed by atoms with Gasteiger partial charge >= 0.3 is 0 Å². The summed E-state index contributed by atoms with van der Waals surface area (Å²) in [6.45, 7) is 12.0. The molecule has 2 nitrogen and oxygen atoms in total. The second-order valence-corrected chi connectivity index (χ2v) is 11.3. The molecular formula is C17H26O2Si. The van der Waals surface area contributed by atoms with Crippen molar-refractivity contribution >= 4 is 8.32 Å². The van der Waals surface area contributed by atoms with Gasteiger partial charge in [-0.2, -0.15) is 0 Å². The van der Waals surface area contributed by atoms with E-state index in [0.717, 1.165) is 17.5 Å². The van der Waals surface area contributed by atoms with Crippen LogP contribution in [0.4, 0.5) is 0 Å². The average Bonchev–Trinajstić information content (AvgIpc) is 2.37. The van der Waals surface area contributed by atoms with Gasteiger partial charge in [-0.25, -0.2) is 0 Å². The molecule has 0 spiro atoms. The molecule has 110 valence electrons. The molecular weight excluding hydrogens is 264 g/mol. The fraction of sp³-hybridized carbons (Fsp3) is 0.529. The summed E-state index contributed by atoms with van der Waals surface area (Å²) in [5, 5.41) is 9.22. The maximum absolute atomic E-state index is 8.97. The molecule has 1 aromatic rings. The molecule has 20 heavy (non-hydrogen) atoms. The van der Waals surface area contributed by atoms with Crippen molar-refractivity contribution < 1.29 is 9.53 Å². The first kappa shape index (κ1) is 17.0. The third-order valence-corrected chi connectivity index (χ3v) is 8.40. The third-order valence-electron chi connectivity index (χ3n) is 3.87. The topological polar surface area (TPSA) is 29.5 Å². The zero-order chi connectivity index (χ0) is 15.2. The van der Waals surface area contributed by atoms with E-state index in [4.69, 9.17) is 9.53 Å². The zero-order valence-corrected chi connectivity index (χ0v) is 14.3. The molecule has 0 aromatic heterocycles. The van der Waals surface area contributed by atoms with Crippen molar-refractivity contribution in [2.75, 3.05) is 6.61 Å². The minimum Gasteiger partial charge on any atom is -0.416 e. The van der Waals surface area contributed by atoms with Crippen molar-refractivity contribution in [3.63, 3.8) is 0 Å². The predicted octanol–water partition coefficient (Wildman–Crippen LogP) is 3.94. The van der Waals surface area contributed by atoms with E-state index >= 15 is 0 Å². The van der Waals surface area contributed by atoms with Crippen molar-refractivity contribution in [2.24, 2.45) is 0 Å². The van der Waals surface area contributed by atoms with E-state index in [0.29, 0.717) is 6.61 Å². The maximum atomic E-state index is 8.97. The van der Waals surface area contributed by atoms with Crippen molar-refractivity contribution in [3.05, 3.63) is 35.4 Å². The van der Waals surface area contributed by atoms with Crippen LogP contribution in [0.1, 0.15) is 38.3 Å². The average molecular weight is 290 g/mol. The van der Waals surface area contributed by atoms with Gasteiger partial charge in [0.15, 0.2) is 8.32 Å². The van der Waals surface area contributed by atoms with E-state index in [2.05, 4.69) is 45.7 Å². The molecule has 1 aromatic carbocycles. The Bertz CT molecular complexity index is 472. The van der Waals surface area contributed by atoms with E-state index in [-0.39, 0.29) is 11.6 Å². The molecule has 0 aliphatic carbocycles. The van der Waals surface area contributed by atoms with Gasteiger partial charge < -0.3 is 9.53 Å². The van der Waals surface area contributed by atoms with E-state index < -0.39 is 8.32 Å². The molecule has 0 saturated carbocycles. The Hall–Kier alpha value is -1.08. The summed E-state index contributed by atoms with van der Waals surface area (Å²) in [5.74, 6) is 6.27. The van der Waals surface area contributed by atoms with Gasteiger partial charge in [-0.1, -0.05) is 44.7 Å². The smallest absolute Gasteiger partial charge is 0.192 e. The Kier molecular flexibility index (Phi) is 6.00. The highest BCUT2D eigenvalue weighted by Gasteiger charge is 2.36. The van der Waals surface area contributed by atoms with Gasteiger partial charge in [0.2, 0.25) is 0 Å². The summed E-state index contributed by atoms with van der Waals surface area (Å²) in [6.07, 6.45) is 0.758. The summed E-state index contributed by atoms with van der Waals surface area (Å²) in [4.78, 5) is 0. The highest BCUT2D eigenvalue weighted by molar-refractivity contribution is 6.74. The van der Waals surface area contributed by atoms with Crippen LogP contribution in [0.15, 0.2) is 24.3 Å². The zero-order valence-electron chi connectivity index (χ0n) is 13.3. The lowest BCUT2D eigenvalue weighted by Crippen LogP contribution is -2.40. The van der Waals surface area contributed by atoms with Crippen molar-refractivity contribution in [1.82, 2.24) is 0 Å². The summed E-state index contributed by atoms with van der Waals surface area (Å²) in [6, 6.07) is 7.67. The lowest BCUT2D eigenvalue weighted by Gasteiger charge is -2.35. The van der Waals surface area contributed by atoms with Crippen LogP contribution >= 0.6 is 0 Å². The van der Waals surface area contributed by atoms with Gasteiger partial charge in [-0.3, -0.25) is 0 Å². The van der Waals surface area contributed by atoms with Crippen LogP contribution in [0.5, 0.6) is 0 Å². The molecule has 0 aliphatic heterocycles. The highest BCUT2D eigenvalue weighted by Crippen LogP contribution is 2.36. The number of hydrogen-bond acceptors (Lipinski definition) is 2. The lowest BCUT2D eigenvalue weighted by atomic mass is 10.1. The van der Waals surface area contributed by atoms with Crippen LogP contribution in [-0.2, 0) is 11.0 Å². The summed E-state index contributed by atoms with van der Waals surface area (Å²) in [7, 11) is -1.64. The molecule has 0 bridgehead atoms. The molecule has 3 heteroatoms. The molecule has 0 heterocycles. The largest absolute Gasteiger partial charge is 0.416 e. The van der Waals surface area contributed by atoms with E-state index in [1.54, 1.807) is 0 Å². The van der Waals surface area contributed by atoms with Crippen molar-refractivity contribution in [2.45, 2.75) is 51.9 Å². The standard InChI is InChI=1S/C17H26O2Si/c1-17(2,3)20(4,5)19-13-7-6-8-15-9-11-16(14-18)12-10-15/h9-12,18H,7,13-14H2,1-5H3. The van der Waals surface area contributed by atoms with E-state index in [1.807, 2.05) is 24.3 Å². The normalized spacial score (nSPS) is 11.9. The Morgan fingerprint density at radius 2 is 1.75 bits per heavy atom. The van der Waals surface area contributed by atoms with Crippen LogP contribution in [-0.4, -0.2) is 20.0 Å². The van der Waals surface area contributed by atoms with E-state index in [9.17, 15) is 0 Å². The van der Waals surface area contributed by atoms with Crippen molar-refractivity contribution in [1.29, 1.82) is 0 Å². The molecule has 0 fully saturated rings. The second kappa shape index (κ2) is 7.08. The first-order valence-electron chi connectivity index (χ1n) is 7.09. The molecule has 1 N–H and O–H groups in total. The fourth-order valence-electron chi connectivity index (χ4n) is 1.43. The number of benzene rings is 1. The van der Waals surface area contributed by atoms with E-state index in [1.165, 1.54) is 0 Å². The van der Waals surface area contributed by atoms with Gasteiger partial charge in [0.1, 0.15) is 0 Å². The number of aliphatic hydroxyl groups is 1. The Balaban J connectivity index is 2.43. The predicted molar refractivity (Wildman–Crippen MR) is 87.0 cm³/mol. The highest BCUT2D eigenvalue weighted by atomic mass is 28.4. The Morgan fingerprint density at radius 3 is 2.25 bits per heavy atom. The SMILES string of the molecule is CC(C)(C)[Si](C)(C)OCCC#Cc1ccc(CO)cc1. The van der Waals surface area contributed by atoms with Gasteiger partial charge in [0.05, 0.1) is 6.61 Å². The molecule has 0 saturated heterocycles. The summed E-state index contributed by atoms with van der Waals surface area (Å²) in [5.41, 5.74) is 1.89. The first-order valence-corrected chi connectivity index (χ1v) is 10.00. The third kappa shape index (κ3) is 5.13. The van der Waals surface area contributed by atoms with Gasteiger partial charge in [0, 0.05) is 18.6 Å². The maximum Gasteiger partial charge on any atom is 0.192 e. The molecule has 0 atom stereocenters. The van der Waals surface area contributed by atoms with Crippen LogP contribution in [0.2, 0.25) is 18.1 Å². The second-order valence-electron chi connectivity index (χ2n) is 6.52. The minimum atomic E-state index is -1.64. The monoisotopic (exact) mass is 290 g/mol. The Morgan fingerprint density at radius 1 is 1.15 bits per heavy atom. The van der Waals surface area contributed by atoms with Crippen LogP contribution in [0.3, 0.4) is 0 Å². The number of aliphatic hydroxyl groups excluding tert-OH is 1. The number of hydrogen-bond donors (Lipinski definition) is 1. The quantitative estimate of drug-likeness (QED) is 0.517. The fourth-order valence-corrected chi connectivity index (χ4v) is 2.48. The van der Waals surface area contributed by atoms with Crippen LogP contribution in [0, 0.1) is 11.8 Å². The van der Waals surface area contributed by atoms with Crippen molar-refractivity contribution in [3.8, 4) is 11.8 Å². The molecule has 1 rings (SSSR count). The lowest BCUT2D eigenvalue weighted by molar-refractivity contribution is 0.282. The van der Waals surface area contributed by atoms with Gasteiger partial charge in [-0.05, 0) is 35.8 Å². The minimum absolute atomic E-state index is 0.0774. The van der Waals surface area contributed by atoms with Gasteiger partial charge in [0.25, 0.3) is 0 Å². The number of rotatable bonds is 4. The van der Waals surface area contributed by atoms with Crippen LogP contribution < -0.4 is 0 Å². The molecule has 0 amide bonds. The summed E-state index contributed by atoms with van der Waals surface area (Å²) < 4.78 is 6.07. The molecule has 0 unspecified atom stereocenters. The molecule has 0 aliphatic rings. The van der Waals surface area contributed by atoms with Crippen LogP contribution in [0.25, 0.3) is 0 Å². The summed E-state index contributed by atoms with van der Waals surface area (Å²) >= 11 is 0. The Labute approximate surface area is 124 Å². The first-order chi connectivity index (χ1) is 9.26. The van der Waals surface area contributed by atoms with Gasteiger partial charge in [-0.15, -0.1) is 0 Å². The molecule has 0 radical (unpaired) electrons.